The molecule has 7 aliphatic rings. The zero-order valence-electron chi connectivity index (χ0n) is 34.3. The van der Waals surface area contributed by atoms with Gasteiger partial charge in [0, 0.05) is 39.0 Å². The Morgan fingerprint density at radius 1 is 1.06 bits per heavy atom. The maximum atomic E-state index is 14.9. The minimum atomic E-state index is -0.841. The summed E-state index contributed by atoms with van der Waals surface area (Å²) >= 11 is 0. The third kappa shape index (κ3) is 4.41. The Morgan fingerprint density at radius 2 is 1.78 bits per heavy atom. The number of benzene rings is 1. The number of hydrogen-bond donors (Lipinski definition) is 2. The van der Waals surface area contributed by atoms with Crippen LogP contribution in [0.25, 0.3) is 16.5 Å². The van der Waals surface area contributed by atoms with E-state index in [0.29, 0.717) is 17.4 Å². The smallest absolute Gasteiger partial charge is 0.212 e. The van der Waals surface area contributed by atoms with E-state index in [1.54, 1.807) is 0 Å². The number of Topliss-reactive ketones (excluding diaryl/α,β-unsaturated/α-hetero) is 1. The second-order valence-corrected chi connectivity index (χ2v) is 20.0. The Hall–Kier alpha value is -3.26. The van der Waals surface area contributed by atoms with Gasteiger partial charge in [-0.2, -0.15) is 0 Å². The summed E-state index contributed by atoms with van der Waals surface area (Å²) in [6.45, 7) is 28.2. The molecule has 0 saturated heterocycles. The van der Waals surface area contributed by atoms with Crippen LogP contribution >= 0.6 is 0 Å². The van der Waals surface area contributed by atoms with Gasteiger partial charge in [0.25, 0.3) is 0 Å². The molecule has 0 spiro atoms. The Morgan fingerprint density at radius 3 is 2.44 bits per heavy atom. The molecule has 7 heteroatoms. The maximum Gasteiger partial charge on any atom is 0.212 e. The molecule has 2 saturated carbocycles. The first kappa shape index (κ1) is 36.4. The highest BCUT2D eigenvalue weighted by Crippen LogP contribution is 2.71. The minimum Gasteiger partial charge on any atom is -0.472 e. The number of aliphatic imine (C=N–C) groups is 1. The lowest BCUT2D eigenvalue weighted by Gasteiger charge is -2.64. The molecule has 54 heavy (non-hydrogen) atoms. The second-order valence-electron chi connectivity index (χ2n) is 20.0. The van der Waals surface area contributed by atoms with Crippen LogP contribution in [0.2, 0.25) is 0 Å². The summed E-state index contributed by atoms with van der Waals surface area (Å²) in [5, 5.41) is 25.3. The molecule has 0 radical (unpaired) electrons. The Bertz CT molecular complexity index is 2180. The van der Waals surface area contributed by atoms with Crippen LogP contribution in [0.5, 0.6) is 0 Å². The summed E-state index contributed by atoms with van der Waals surface area (Å²) in [6.07, 6.45) is 12.1. The lowest BCUT2D eigenvalue weighted by molar-refractivity contribution is -0.144. The van der Waals surface area contributed by atoms with Gasteiger partial charge in [-0.25, -0.2) is 4.99 Å². The highest BCUT2D eigenvalue weighted by atomic mass is 16.5. The molecule has 2 fully saturated rings. The lowest BCUT2D eigenvalue weighted by atomic mass is 9.40. The van der Waals surface area contributed by atoms with E-state index in [1.807, 2.05) is 13.8 Å². The molecular formula is C47H60N2O5. The predicted octanol–water partition coefficient (Wildman–Crippen LogP) is 9.30. The van der Waals surface area contributed by atoms with Crippen LogP contribution in [0.4, 0.5) is 0 Å². The zero-order chi connectivity index (χ0) is 38.8. The lowest BCUT2D eigenvalue weighted by Crippen LogP contribution is -2.62. The molecule has 4 unspecified atom stereocenters. The van der Waals surface area contributed by atoms with Gasteiger partial charge in [-0.3, -0.25) is 4.79 Å². The molecule has 2 N–H and O–H groups in total. The van der Waals surface area contributed by atoms with Crippen molar-refractivity contribution in [3.63, 3.8) is 0 Å². The van der Waals surface area contributed by atoms with Gasteiger partial charge in [-0.1, -0.05) is 51.2 Å². The fourth-order valence-corrected chi connectivity index (χ4v) is 13.4. The van der Waals surface area contributed by atoms with E-state index in [-0.39, 0.29) is 40.6 Å². The molecular weight excluding hydrogens is 673 g/mol. The van der Waals surface area contributed by atoms with E-state index >= 15 is 0 Å². The van der Waals surface area contributed by atoms with E-state index in [2.05, 4.69) is 104 Å². The number of nitrogens with zero attached hydrogens (tertiary/aromatic N) is 2. The summed E-state index contributed by atoms with van der Waals surface area (Å²) in [7, 11) is 0. The summed E-state index contributed by atoms with van der Waals surface area (Å²) < 4.78 is 15.0. The van der Waals surface area contributed by atoms with Gasteiger partial charge >= 0.3 is 0 Å². The molecule has 9 rings (SSSR count). The number of hydrogen-bond acceptors (Lipinski definition) is 6. The molecule has 7 nitrogen and oxygen atoms in total. The van der Waals surface area contributed by atoms with Crippen LogP contribution in [-0.2, 0) is 21.3 Å². The number of aliphatic hydroxyl groups is 2. The van der Waals surface area contributed by atoms with Gasteiger partial charge < -0.3 is 24.3 Å². The van der Waals surface area contributed by atoms with Gasteiger partial charge in [0.2, 0.25) is 5.90 Å². The third-order valence-electron chi connectivity index (χ3n) is 16.0. The predicted molar refractivity (Wildman–Crippen MR) is 215 cm³/mol. The number of aromatic nitrogens is 1. The SMILES string of the molecule is C=C(C)[C@H]1C(=O)c2c3c(cc4c5c(n1c24)[C@@]1(C)C(CC[C@H]2[C@](C)(/C=C/C=C(C)C4=NC(C)C(C)O4)[C@@H](O)CC[C@@]21C)C5)C1=CC(C)(C)OC(C)(C)C1[C@@H]3O. The summed E-state index contributed by atoms with van der Waals surface area (Å²) in [4.78, 5) is 19.7. The van der Waals surface area contributed by atoms with Crippen molar-refractivity contribution in [2.75, 3.05) is 0 Å². The molecule has 3 aliphatic heterocycles. The normalized spacial score (nSPS) is 41.3. The number of aliphatic hydroxyl groups excluding tert-OH is 2. The first-order valence-corrected chi connectivity index (χ1v) is 20.5. The quantitative estimate of drug-likeness (QED) is 0.242. The average molecular weight is 733 g/mol. The number of fused-ring (bicyclic) bond motifs is 11. The third-order valence-corrected chi connectivity index (χ3v) is 16.0. The van der Waals surface area contributed by atoms with E-state index in [1.165, 1.54) is 16.6 Å². The Kier molecular flexibility index (Phi) is 7.54. The molecule has 0 bridgehead atoms. The monoisotopic (exact) mass is 732 g/mol. The first-order chi connectivity index (χ1) is 25.2. The number of allylic oxidation sites excluding steroid dienone is 3. The van der Waals surface area contributed by atoms with Gasteiger partial charge in [0.1, 0.15) is 12.1 Å². The number of ether oxygens (including phenoxy) is 2. The van der Waals surface area contributed by atoms with Gasteiger partial charge in [-0.05, 0) is 134 Å². The number of rotatable bonds is 4. The number of carbonyl (C=O) groups is 1. The van der Waals surface area contributed by atoms with E-state index in [4.69, 9.17) is 14.5 Å². The standard InChI is InChI=1S/C47H60N2O5/c1-23(2)37-40(52)35-34-28(31-22-43(6,7)54-44(8,9)36(31)39(34)51)21-29-30-20-27-15-16-32-45(10,18-13-14-24(3)42-48-25(4)26(5)53-42)33(50)17-19-46(32,11)47(27,12)41(30)49(37)38(29)35/h13-14,18,21-22,25-27,32-33,36-37,39,50-51H,1,15-17,19-20H2,2-12H3/b18-13+,24-14?/t25?,26?,27?,32-,33-,36?,37-,39+,45-,46-,47+/m0/s1. The molecule has 1 aromatic heterocycles. The van der Waals surface area contributed by atoms with Crippen LogP contribution in [0.3, 0.4) is 0 Å². The molecule has 4 heterocycles. The number of carbonyl (C=O) groups excluding carboxylic acids is 1. The van der Waals surface area contributed by atoms with Crippen molar-refractivity contribution < 1.29 is 24.5 Å². The van der Waals surface area contributed by atoms with Crippen LogP contribution in [0.1, 0.15) is 147 Å². The second kappa shape index (κ2) is 11.2. The largest absolute Gasteiger partial charge is 0.472 e. The van der Waals surface area contributed by atoms with Crippen LogP contribution in [0, 0.1) is 28.6 Å². The van der Waals surface area contributed by atoms with Gasteiger partial charge in [0.15, 0.2) is 5.78 Å². The van der Waals surface area contributed by atoms with Crippen molar-refractivity contribution in [3.05, 3.63) is 76.0 Å². The number of ketones is 1. The fraction of sp³-hybridized carbons (Fsp3) is 0.617. The molecule has 11 atom stereocenters. The molecule has 0 amide bonds. The van der Waals surface area contributed by atoms with Crippen LogP contribution < -0.4 is 0 Å². The summed E-state index contributed by atoms with van der Waals surface area (Å²) in [5.74, 6) is 1.14. The van der Waals surface area contributed by atoms with Crippen molar-refractivity contribution in [1.29, 1.82) is 0 Å². The highest BCUT2D eigenvalue weighted by Gasteiger charge is 2.68. The van der Waals surface area contributed by atoms with E-state index in [9.17, 15) is 15.0 Å². The molecule has 4 aliphatic carbocycles. The molecule has 2 aromatic rings. The maximum absolute atomic E-state index is 14.9. The summed E-state index contributed by atoms with van der Waals surface area (Å²) in [5.41, 5.74) is 7.09. The minimum absolute atomic E-state index is 0.0524. The van der Waals surface area contributed by atoms with Gasteiger partial charge in [0.05, 0.1) is 40.5 Å². The summed E-state index contributed by atoms with van der Waals surface area (Å²) in [6, 6.07) is 1.96. The van der Waals surface area contributed by atoms with Crippen molar-refractivity contribution in [2.24, 2.45) is 33.6 Å². The fourth-order valence-electron chi connectivity index (χ4n) is 13.4. The zero-order valence-corrected chi connectivity index (χ0v) is 34.3. The van der Waals surface area contributed by atoms with Gasteiger partial charge in [-0.15, -0.1) is 0 Å². The van der Waals surface area contributed by atoms with Crippen molar-refractivity contribution >= 4 is 28.2 Å². The van der Waals surface area contributed by atoms with Crippen LogP contribution in [0.15, 0.2) is 53.1 Å². The van der Waals surface area contributed by atoms with Crippen molar-refractivity contribution in [1.82, 2.24) is 4.57 Å². The van der Waals surface area contributed by atoms with Crippen molar-refractivity contribution in [2.45, 2.75) is 155 Å². The molecule has 1 aromatic carbocycles. The first-order valence-electron chi connectivity index (χ1n) is 20.5. The Labute approximate surface area is 321 Å². The van der Waals surface area contributed by atoms with E-state index in [0.717, 1.165) is 65.5 Å². The van der Waals surface area contributed by atoms with Crippen LogP contribution in [-0.4, -0.2) is 55.9 Å². The van der Waals surface area contributed by atoms with E-state index < -0.39 is 34.9 Å². The average Bonchev–Trinajstić information content (AvgIpc) is 3.82. The highest BCUT2D eigenvalue weighted by molar-refractivity contribution is 6.18. The topological polar surface area (TPSA) is 93.3 Å². The Balaban J connectivity index is 1.20. The molecule has 288 valence electrons. The van der Waals surface area contributed by atoms with Crippen molar-refractivity contribution in [3.8, 4) is 0 Å².